The van der Waals surface area contributed by atoms with Crippen LogP contribution in [0.3, 0.4) is 0 Å². The zero-order valence-corrected chi connectivity index (χ0v) is 15.6. The van der Waals surface area contributed by atoms with Crippen molar-refractivity contribution in [2.45, 2.75) is 39.3 Å². The molecule has 1 N–H and O–H groups in total. The van der Waals surface area contributed by atoms with E-state index in [-0.39, 0.29) is 23.5 Å². The Kier molecular flexibility index (Phi) is 5.05. The molecule has 7 heteroatoms. The number of hydrogen-bond acceptors (Lipinski definition) is 3. The highest BCUT2D eigenvalue weighted by molar-refractivity contribution is 6.31. The molecular weight excluding hydrogens is 359 g/mol. The second kappa shape index (κ2) is 7.11. The molecule has 0 saturated heterocycles. The summed E-state index contributed by atoms with van der Waals surface area (Å²) in [6.45, 7) is 3.50. The molecule has 1 aliphatic carbocycles. The fourth-order valence-electron chi connectivity index (χ4n) is 3.12. The third-order valence-electron chi connectivity index (χ3n) is 4.68. The predicted octanol–water partition coefficient (Wildman–Crippen LogP) is 4.02. The van der Waals surface area contributed by atoms with Gasteiger partial charge in [0.05, 0.1) is 19.2 Å². The zero-order chi connectivity index (χ0) is 19.0. The summed E-state index contributed by atoms with van der Waals surface area (Å²) in [4.78, 5) is 29.7. The Hall–Kier alpha value is -2.34. The molecule has 3 rings (SSSR count). The lowest BCUT2D eigenvalue weighted by molar-refractivity contribution is 0.0599. The summed E-state index contributed by atoms with van der Waals surface area (Å²) < 4.78 is 19.0. The van der Waals surface area contributed by atoms with E-state index < -0.39 is 11.8 Å². The van der Waals surface area contributed by atoms with E-state index in [9.17, 15) is 14.0 Å². The number of carbonyl (C=O) groups is 2. The molecule has 1 saturated carbocycles. The molecule has 0 bridgehead atoms. The molecule has 1 amide bonds. The minimum Gasteiger partial charge on any atom is -0.465 e. The van der Waals surface area contributed by atoms with Crippen LogP contribution in [-0.4, -0.2) is 34.9 Å². The largest absolute Gasteiger partial charge is 0.465 e. The summed E-state index contributed by atoms with van der Waals surface area (Å²) in [5, 5.41) is 0.290. The lowest BCUT2D eigenvalue weighted by Gasteiger charge is -2.23. The maximum Gasteiger partial charge on any atom is 0.339 e. The van der Waals surface area contributed by atoms with Gasteiger partial charge >= 0.3 is 5.97 Å². The summed E-state index contributed by atoms with van der Waals surface area (Å²) in [6.07, 6.45) is 1.72. The number of halogens is 2. The van der Waals surface area contributed by atoms with Gasteiger partial charge in [-0.3, -0.25) is 4.79 Å². The quantitative estimate of drug-likeness (QED) is 0.799. The van der Waals surface area contributed by atoms with Gasteiger partial charge in [-0.2, -0.15) is 0 Å². The summed E-state index contributed by atoms with van der Waals surface area (Å²) in [5.74, 6) is -1.21. The minimum absolute atomic E-state index is 0.0442. The minimum atomic E-state index is -0.495. The van der Waals surface area contributed by atoms with Crippen molar-refractivity contribution in [1.82, 2.24) is 9.88 Å². The molecule has 2 aromatic rings. The van der Waals surface area contributed by atoms with Crippen molar-refractivity contribution in [3.8, 4) is 0 Å². The highest BCUT2D eigenvalue weighted by Crippen LogP contribution is 2.33. The number of carbonyl (C=O) groups excluding carboxylic acids is 2. The van der Waals surface area contributed by atoms with Gasteiger partial charge in [-0.15, -0.1) is 0 Å². The van der Waals surface area contributed by atoms with Gasteiger partial charge < -0.3 is 14.6 Å². The number of benzene rings is 1. The van der Waals surface area contributed by atoms with Crippen LogP contribution in [0.4, 0.5) is 4.39 Å². The molecule has 0 unspecified atom stereocenters. The van der Waals surface area contributed by atoms with Crippen LogP contribution >= 0.6 is 11.6 Å². The molecule has 0 atom stereocenters. The van der Waals surface area contributed by atoms with Crippen molar-refractivity contribution in [2.75, 3.05) is 7.11 Å². The number of H-pyrrole nitrogens is 1. The van der Waals surface area contributed by atoms with Gasteiger partial charge in [0, 0.05) is 22.3 Å². The molecular formula is C19H20ClFN2O3. The van der Waals surface area contributed by atoms with Gasteiger partial charge in [0.2, 0.25) is 0 Å². The molecule has 1 aromatic carbocycles. The molecule has 1 aliphatic rings. The second-order valence-corrected chi connectivity index (χ2v) is 6.89. The predicted molar refractivity (Wildman–Crippen MR) is 95.9 cm³/mol. The number of hydrogen-bond donors (Lipinski definition) is 1. The third kappa shape index (κ3) is 3.33. The molecule has 138 valence electrons. The normalized spacial score (nSPS) is 13.6. The van der Waals surface area contributed by atoms with Gasteiger partial charge in [-0.25, -0.2) is 9.18 Å². The second-order valence-electron chi connectivity index (χ2n) is 6.48. The fourth-order valence-corrected chi connectivity index (χ4v) is 3.35. The molecule has 0 aliphatic heterocycles. The SMILES string of the molecule is COC(=O)c1c(C)[nH]c(C(=O)N(Cc2c(F)cccc2Cl)C2CC2)c1C. The van der Waals surface area contributed by atoms with E-state index in [0.717, 1.165) is 12.8 Å². The maximum absolute atomic E-state index is 14.2. The first-order valence-corrected chi connectivity index (χ1v) is 8.74. The summed E-state index contributed by atoms with van der Waals surface area (Å²) in [6, 6.07) is 4.51. The molecule has 0 radical (unpaired) electrons. The molecule has 1 fully saturated rings. The monoisotopic (exact) mass is 378 g/mol. The number of aromatic nitrogens is 1. The number of aromatic amines is 1. The van der Waals surface area contributed by atoms with E-state index >= 15 is 0 Å². The Balaban J connectivity index is 1.95. The number of nitrogens with one attached hydrogen (secondary N) is 1. The first-order valence-electron chi connectivity index (χ1n) is 8.36. The van der Waals surface area contributed by atoms with Crippen molar-refractivity contribution in [2.24, 2.45) is 0 Å². The average Bonchev–Trinajstić information content (AvgIpc) is 3.39. The van der Waals surface area contributed by atoms with E-state index in [2.05, 4.69) is 4.98 Å². The topological polar surface area (TPSA) is 62.4 Å². The van der Waals surface area contributed by atoms with Crippen molar-refractivity contribution in [1.29, 1.82) is 0 Å². The van der Waals surface area contributed by atoms with Crippen molar-refractivity contribution < 1.29 is 18.7 Å². The lowest BCUT2D eigenvalue weighted by atomic mass is 10.1. The molecule has 0 spiro atoms. The molecule has 1 heterocycles. The zero-order valence-electron chi connectivity index (χ0n) is 14.9. The number of nitrogens with zero attached hydrogens (tertiary/aromatic N) is 1. The van der Waals surface area contributed by atoms with E-state index in [1.54, 1.807) is 24.8 Å². The standard InChI is InChI=1S/C19H20ClFN2O3/c1-10-16(19(25)26-3)11(2)22-17(10)18(24)23(12-7-8-12)9-13-14(20)5-4-6-15(13)21/h4-6,12,22H,7-9H2,1-3H3. The van der Waals surface area contributed by atoms with Crippen LogP contribution in [0.2, 0.25) is 5.02 Å². The van der Waals surface area contributed by atoms with E-state index in [0.29, 0.717) is 28.1 Å². The molecule has 26 heavy (non-hydrogen) atoms. The first-order chi connectivity index (χ1) is 12.3. The Morgan fingerprint density at radius 1 is 1.35 bits per heavy atom. The first kappa shape index (κ1) is 18.5. The average molecular weight is 379 g/mol. The van der Waals surface area contributed by atoms with Crippen LogP contribution in [0.5, 0.6) is 0 Å². The number of amides is 1. The highest BCUT2D eigenvalue weighted by Gasteiger charge is 2.36. The Morgan fingerprint density at radius 3 is 2.62 bits per heavy atom. The number of aryl methyl sites for hydroxylation is 1. The van der Waals surface area contributed by atoms with Crippen LogP contribution in [0.25, 0.3) is 0 Å². The fraction of sp³-hybridized carbons (Fsp3) is 0.368. The van der Waals surface area contributed by atoms with Gasteiger partial charge in [-0.05, 0) is 44.4 Å². The molecule has 5 nitrogen and oxygen atoms in total. The van der Waals surface area contributed by atoms with Gasteiger partial charge in [-0.1, -0.05) is 17.7 Å². The smallest absolute Gasteiger partial charge is 0.339 e. The summed E-state index contributed by atoms with van der Waals surface area (Å²) in [5.41, 5.74) is 2.07. The number of rotatable bonds is 5. The Morgan fingerprint density at radius 2 is 2.04 bits per heavy atom. The van der Waals surface area contributed by atoms with Crippen LogP contribution in [-0.2, 0) is 11.3 Å². The van der Waals surface area contributed by atoms with E-state index in [1.807, 2.05) is 0 Å². The van der Waals surface area contributed by atoms with Gasteiger partial charge in [0.25, 0.3) is 5.91 Å². The van der Waals surface area contributed by atoms with Crippen LogP contribution in [0.1, 0.15) is 50.5 Å². The third-order valence-corrected chi connectivity index (χ3v) is 5.03. The van der Waals surface area contributed by atoms with Crippen LogP contribution in [0.15, 0.2) is 18.2 Å². The van der Waals surface area contributed by atoms with Crippen molar-refractivity contribution in [3.05, 3.63) is 57.1 Å². The summed E-state index contributed by atoms with van der Waals surface area (Å²) in [7, 11) is 1.30. The van der Waals surface area contributed by atoms with Crippen molar-refractivity contribution >= 4 is 23.5 Å². The Labute approximate surface area is 156 Å². The van der Waals surface area contributed by atoms with Crippen LogP contribution < -0.4 is 0 Å². The highest BCUT2D eigenvalue weighted by atomic mass is 35.5. The van der Waals surface area contributed by atoms with Crippen molar-refractivity contribution in [3.63, 3.8) is 0 Å². The van der Waals surface area contributed by atoms with Gasteiger partial charge in [0.15, 0.2) is 0 Å². The van der Waals surface area contributed by atoms with Gasteiger partial charge in [0.1, 0.15) is 11.5 Å². The summed E-state index contributed by atoms with van der Waals surface area (Å²) >= 11 is 6.12. The maximum atomic E-state index is 14.2. The number of ether oxygens (including phenoxy) is 1. The lowest BCUT2D eigenvalue weighted by Crippen LogP contribution is -2.33. The number of esters is 1. The molecule has 1 aromatic heterocycles. The van der Waals surface area contributed by atoms with E-state index in [4.69, 9.17) is 16.3 Å². The van der Waals surface area contributed by atoms with Crippen LogP contribution in [0, 0.1) is 19.7 Å². The number of methoxy groups -OCH3 is 1. The Bertz CT molecular complexity index is 854. The van der Waals surface area contributed by atoms with E-state index in [1.165, 1.54) is 19.2 Å².